The van der Waals surface area contributed by atoms with Crippen LogP contribution >= 0.6 is 27.5 Å². The number of alkyl halides is 1. The van der Waals surface area contributed by atoms with Crippen molar-refractivity contribution >= 4 is 27.5 Å². The van der Waals surface area contributed by atoms with Crippen LogP contribution in [-0.2, 0) is 5.88 Å². The molecule has 0 spiro atoms. The van der Waals surface area contributed by atoms with Gasteiger partial charge in [-0.3, -0.25) is 0 Å². The van der Waals surface area contributed by atoms with Gasteiger partial charge in [-0.1, -0.05) is 15.9 Å². The standard InChI is InChI=1S/C15H11BrClNO2/c1-19-15-6-10(9-18)2-4-14(15)20-13-5-3-12(16)7-11(13)8-17/h2-7H,8H2,1H3. The van der Waals surface area contributed by atoms with Gasteiger partial charge < -0.3 is 9.47 Å². The Balaban J connectivity index is 2.37. The second-order valence-electron chi connectivity index (χ2n) is 3.97. The van der Waals surface area contributed by atoms with Crippen LogP contribution < -0.4 is 9.47 Å². The summed E-state index contributed by atoms with van der Waals surface area (Å²) in [4.78, 5) is 0. The normalized spacial score (nSPS) is 9.90. The van der Waals surface area contributed by atoms with Gasteiger partial charge in [-0.05, 0) is 30.3 Å². The maximum Gasteiger partial charge on any atom is 0.169 e. The summed E-state index contributed by atoms with van der Waals surface area (Å²) in [7, 11) is 1.54. The highest BCUT2D eigenvalue weighted by Crippen LogP contribution is 2.35. The van der Waals surface area contributed by atoms with Crippen LogP contribution in [0.5, 0.6) is 17.2 Å². The fraction of sp³-hybridized carbons (Fsp3) is 0.133. The predicted octanol–water partition coefficient (Wildman–Crippen LogP) is 4.86. The van der Waals surface area contributed by atoms with Gasteiger partial charge in [0.25, 0.3) is 0 Å². The highest BCUT2D eigenvalue weighted by atomic mass is 79.9. The van der Waals surface area contributed by atoms with E-state index in [0.29, 0.717) is 28.7 Å². The van der Waals surface area contributed by atoms with E-state index in [-0.39, 0.29) is 0 Å². The van der Waals surface area contributed by atoms with Gasteiger partial charge in [-0.25, -0.2) is 0 Å². The Morgan fingerprint density at radius 2 is 1.90 bits per heavy atom. The Labute approximate surface area is 130 Å². The molecule has 0 unspecified atom stereocenters. The molecule has 5 heteroatoms. The summed E-state index contributed by atoms with van der Waals surface area (Å²) in [5, 5.41) is 8.88. The molecule has 2 aromatic carbocycles. The van der Waals surface area contributed by atoms with E-state index in [1.807, 2.05) is 18.2 Å². The maximum absolute atomic E-state index is 8.88. The first-order valence-corrected chi connectivity index (χ1v) is 7.11. The number of methoxy groups -OCH3 is 1. The van der Waals surface area contributed by atoms with Crippen molar-refractivity contribution in [3.05, 3.63) is 52.0 Å². The second kappa shape index (κ2) is 6.65. The minimum atomic E-state index is 0.341. The van der Waals surface area contributed by atoms with E-state index in [1.165, 1.54) is 7.11 Å². The van der Waals surface area contributed by atoms with Crippen LogP contribution in [0.4, 0.5) is 0 Å². The van der Waals surface area contributed by atoms with Crippen molar-refractivity contribution in [1.29, 1.82) is 5.26 Å². The summed E-state index contributed by atoms with van der Waals surface area (Å²) in [5.41, 5.74) is 1.38. The van der Waals surface area contributed by atoms with E-state index in [1.54, 1.807) is 18.2 Å². The Bertz CT molecular complexity index is 667. The zero-order valence-electron chi connectivity index (χ0n) is 10.7. The number of hydrogen-bond acceptors (Lipinski definition) is 3. The summed E-state index contributed by atoms with van der Waals surface area (Å²) in [5.74, 6) is 2.05. The van der Waals surface area contributed by atoms with E-state index in [0.717, 1.165) is 10.0 Å². The molecule has 2 rings (SSSR count). The van der Waals surface area contributed by atoms with Crippen LogP contribution in [0.25, 0.3) is 0 Å². The summed E-state index contributed by atoms with van der Waals surface area (Å²) in [6.07, 6.45) is 0. The molecule has 0 saturated heterocycles. The highest BCUT2D eigenvalue weighted by Gasteiger charge is 2.10. The molecule has 102 valence electrons. The fourth-order valence-corrected chi connectivity index (χ4v) is 2.31. The number of ether oxygens (including phenoxy) is 2. The minimum absolute atomic E-state index is 0.341. The number of nitrogens with zero attached hydrogens (tertiary/aromatic N) is 1. The molecule has 2 aromatic rings. The number of halogens is 2. The van der Waals surface area contributed by atoms with E-state index in [4.69, 9.17) is 26.3 Å². The van der Waals surface area contributed by atoms with E-state index in [9.17, 15) is 0 Å². The van der Waals surface area contributed by atoms with Gasteiger partial charge in [0.2, 0.25) is 0 Å². The van der Waals surface area contributed by atoms with E-state index in [2.05, 4.69) is 22.0 Å². The largest absolute Gasteiger partial charge is 0.493 e. The topological polar surface area (TPSA) is 42.2 Å². The predicted molar refractivity (Wildman–Crippen MR) is 81.5 cm³/mol. The molecule has 0 aromatic heterocycles. The van der Waals surface area contributed by atoms with Gasteiger partial charge in [0, 0.05) is 16.1 Å². The first-order valence-electron chi connectivity index (χ1n) is 5.78. The van der Waals surface area contributed by atoms with Gasteiger partial charge >= 0.3 is 0 Å². The van der Waals surface area contributed by atoms with Gasteiger partial charge in [0.15, 0.2) is 11.5 Å². The fourth-order valence-electron chi connectivity index (χ4n) is 1.69. The molecule has 0 bridgehead atoms. The van der Waals surface area contributed by atoms with Crippen LogP contribution in [0.1, 0.15) is 11.1 Å². The quantitative estimate of drug-likeness (QED) is 0.738. The number of hydrogen-bond donors (Lipinski definition) is 0. The lowest BCUT2D eigenvalue weighted by Gasteiger charge is -2.13. The van der Waals surface area contributed by atoms with Gasteiger partial charge in [-0.15, -0.1) is 11.6 Å². The Hall–Kier alpha value is -1.70. The van der Waals surface area contributed by atoms with E-state index >= 15 is 0 Å². The third-order valence-corrected chi connectivity index (χ3v) is 3.46. The Morgan fingerprint density at radius 3 is 2.55 bits per heavy atom. The molecule has 0 amide bonds. The molecule has 0 saturated carbocycles. The molecule has 0 radical (unpaired) electrons. The van der Waals surface area contributed by atoms with Crippen molar-refractivity contribution in [3.63, 3.8) is 0 Å². The first kappa shape index (κ1) is 14.7. The van der Waals surface area contributed by atoms with Crippen molar-refractivity contribution in [2.75, 3.05) is 7.11 Å². The van der Waals surface area contributed by atoms with Crippen molar-refractivity contribution in [3.8, 4) is 23.3 Å². The van der Waals surface area contributed by atoms with E-state index < -0.39 is 0 Å². The number of rotatable bonds is 4. The number of nitriles is 1. The lowest BCUT2D eigenvalue weighted by molar-refractivity contribution is 0.378. The zero-order chi connectivity index (χ0) is 14.5. The van der Waals surface area contributed by atoms with Crippen molar-refractivity contribution < 1.29 is 9.47 Å². The minimum Gasteiger partial charge on any atom is -0.493 e. The third kappa shape index (κ3) is 3.24. The molecule has 3 nitrogen and oxygen atoms in total. The molecule has 0 atom stereocenters. The lowest BCUT2D eigenvalue weighted by atomic mass is 10.2. The molecule has 0 aliphatic heterocycles. The monoisotopic (exact) mass is 351 g/mol. The highest BCUT2D eigenvalue weighted by molar-refractivity contribution is 9.10. The average Bonchev–Trinajstić information content (AvgIpc) is 2.49. The van der Waals surface area contributed by atoms with Gasteiger partial charge in [-0.2, -0.15) is 5.26 Å². The Morgan fingerprint density at radius 1 is 1.15 bits per heavy atom. The molecule has 0 N–H and O–H groups in total. The first-order chi connectivity index (χ1) is 9.67. The average molecular weight is 353 g/mol. The smallest absolute Gasteiger partial charge is 0.169 e. The molecular formula is C15H11BrClNO2. The summed E-state index contributed by atoms with van der Waals surface area (Å²) in [6, 6.07) is 12.7. The molecule has 0 heterocycles. The summed E-state index contributed by atoms with van der Waals surface area (Å²) in [6.45, 7) is 0. The Kier molecular flexibility index (Phi) is 4.89. The third-order valence-electron chi connectivity index (χ3n) is 2.68. The van der Waals surface area contributed by atoms with Crippen LogP contribution in [0, 0.1) is 11.3 Å². The van der Waals surface area contributed by atoms with Crippen molar-refractivity contribution in [2.24, 2.45) is 0 Å². The van der Waals surface area contributed by atoms with Crippen LogP contribution in [-0.4, -0.2) is 7.11 Å². The zero-order valence-corrected chi connectivity index (χ0v) is 13.0. The van der Waals surface area contributed by atoms with Crippen LogP contribution in [0.2, 0.25) is 0 Å². The van der Waals surface area contributed by atoms with Crippen molar-refractivity contribution in [1.82, 2.24) is 0 Å². The van der Waals surface area contributed by atoms with Crippen LogP contribution in [0.15, 0.2) is 40.9 Å². The molecular weight excluding hydrogens is 342 g/mol. The van der Waals surface area contributed by atoms with Gasteiger partial charge in [0.1, 0.15) is 5.75 Å². The second-order valence-corrected chi connectivity index (χ2v) is 5.15. The summed E-state index contributed by atoms with van der Waals surface area (Å²) >= 11 is 9.31. The molecule has 20 heavy (non-hydrogen) atoms. The lowest BCUT2D eigenvalue weighted by Crippen LogP contribution is -1.94. The SMILES string of the molecule is COc1cc(C#N)ccc1Oc1ccc(Br)cc1CCl. The van der Waals surface area contributed by atoms with Gasteiger partial charge in [0.05, 0.1) is 24.6 Å². The molecule has 0 fully saturated rings. The van der Waals surface area contributed by atoms with Crippen molar-refractivity contribution in [2.45, 2.75) is 5.88 Å². The number of benzene rings is 2. The maximum atomic E-state index is 8.88. The molecule has 0 aliphatic rings. The summed E-state index contributed by atoms with van der Waals surface area (Å²) < 4.78 is 12.0. The molecule has 0 aliphatic carbocycles. The van der Waals surface area contributed by atoms with Crippen LogP contribution in [0.3, 0.4) is 0 Å².